The van der Waals surface area contributed by atoms with Crippen LogP contribution in [0.3, 0.4) is 0 Å². The van der Waals surface area contributed by atoms with Crippen LogP contribution in [0.2, 0.25) is 0 Å². The van der Waals surface area contributed by atoms with E-state index >= 15 is 0 Å². The summed E-state index contributed by atoms with van der Waals surface area (Å²) >= 11 is 0. The Morgan fingerprint density at radius 3 is 2.26 bits per heavy atom. The van der Waals surface area contributed by atoms with Gasteiger partial charge < -0.3 is 20.9 Å². The molecule has 0 spiro atoms. The highest BCUT2D eigenvalue weighted by Crippen LogP contribution is 2.24. The first-order valence-electron chi connectivity index (χ1n) is 15.6. The molecular formula is C38H37N5O3. The van der Waals surface area contributed by atoms with Crippen LogP contribution in [0.4, 0.5) is 0 Å². The third-order valence-corrected chi connectivity index (χ3v) is 8.44. The van der Waals surface area contributed by atoms with Gasteiger partial charge in [-0.3, -0.25) is 19.4 Å². The molecule has 0 saturated carbocycles. The molecule has 1 aliphatic rings. The van der Waals surface area contributed by atoms with E-state index in [9.17, 15) is 14.4 Å². The lowest BCUT2D eigenvalue weighted by Gasteiger charge is -2.41. The Hall–Kier alpha value is -5.34. The number of benzene rings is 4. The summed E-state index contributed by atoms with van der Waals surface area (Å²) in [5.41, 5.74) is 10.6. The van der Waals surface area contributed by atoms with Crippen LogP contribution < -0.4 is 11.1 Å². The molecule has 2 unspecified atom stereocenters. The number of piperazine rings is 1. The second-order valence-corrected chi connectivity index (χ2v) is 11.7. The van der Waals surface area contributed by atoms with E-state index in [0.29, 0.717) is 6.42 Å². The van der Waals surface area contributed by atoms with Gasteiger partial charge in [0.1, 0.15) is 12.1 Å². The Morgan fingerprint density at radius 2 is 1.52 bits per heavy atom. The summed E-state index contributed by atoms with van der Waals surface area (Å²) in [4.78, 5) is 48.8. The normalized spacial score (nSPS) is 16.3. The SMILES string of the molecule is NCCC(=O)N(Cc1cccnc1)CC1C(=O)NC(Cc2ccc3ccccc3c2)C(=O)N1Cc1ccc(-c2ccccc2)cc1. The standard InChI is InChI=1S/C38H37N5O3/c39-19-18-36(44)42(24-29-7-6-20-40-23-29)26-35-37(45)41-34(22-28-14-17-31-10-4-5-11-33(31)21-28)38(46)43(35)25-27-12-15-32(16-13-27)30-8-2-1-3-9-30/h1-17,20-21,23,34-35H,18-19,22,24-26,39H2,(H,41,45). The number of fused-ring (bicyclic) bond motifs is 1. The monoisotopic (exact) mass is 611 g/mol. The number of rotatable bonds is 11. The molecule has 46 heavy (non-hydrogen) atoms. The number of hydrogen-bond acceptors (Lipinski definition) is 5. The van der Waals surface area contributed by atoms with Gasteiger partial charge in [-0.25, -0.2) is 0 Å². The number of nitrogens with two attached hydrogens (primary N) is 1. The molecule has 2 atom stereocenters. The maximum atomic E-state index is 14.3. The van der Waals surface area contributed by atoms with Gasteiger partial charge in [-0.2, -0.15) is 0 Å². The maximum Gasteiger partial charge on any atom is 0.246 e. The highest BCUT2D eigenvalue weighted by molar-refractivity contribution is 5.97. The zero-order valence-corrected chi connectivity index (χ0v) is 25.6. The highest BCUT2D eigenvalue weighted by atomic mass is 16.2. The lowest BCUT2D eigenvalue weighted by Crippen LogP contribution is -2.66. The van der Waals surface area contributed by atoms with Crippen molar-refractivity contribution in [2.24, 2.45) is 5.73 Å². The molecule has 1 saturated heterocycles. The van der Waals surface area contributed by atoms with E-state index < -0.39 is 12.1 Å². The van der Waals surface area contributed by atoms with Crippen LogP contribution in [0.5, 0.6) is 0 Å². The molecule has 1 aromatic heterocycles. The summed E-state index contributed by atoms with van der Waals surface area (Å²) in [7, 11) is 0. The molecule has 0 aliphatic carbocycles. The molecule has 0 bridgehead atoms. The lowest BCUT2D eigenvalue weighted by atomic mass is 9.97. The van der Waals surface area contributed by atoms with Crippen molar-refractivity contribution in [1.29, 1.82) is 0 Å². The number of nitrogens with zero attached hydrogens (tertiary/aromatic N) is 3. The van der Waals surface area contributed by atoms with Crippen LogP contribution in [0.15, 0.2) is 122 Å². The van der Waals surface area contributed by atoms with E-state index in [4.69, 9.17) is 5.73 Å². The van der Waals surface area contributed by atoms with Crippen molar-refractivity contribution < 1.29 is 14.4 Å². The lowest BCUT2D eigenvalue weighted by molar-refractivity contribution is -0.152. The van der Waals surface area contributed by atoms with Gasteiger partial charge in [0.15, 0.2) is 0 Å². The fourth-order valence-electron chi connectivity index (χ4n) is 6.02. The number of carbonyl (C=O) groups excluding carboxylic acids is 3. The average molecular weight is 612 g/mol. The minimum Gasteiger partial charge on any atom is -0.342 e. The third-order valence-electron chi connectivity index (χ3n) is 8.44. The van der Waals surface area contributed by atoms with Gasteiger partial charge in [0.25, 0.3) is 0 Å². The van der Waals surface area contributed by atoms with Crippen LogP contribution in [-0.2, 0) is 33.9 Å². The fraction of sp³-hybridized carbons (Fsp3) is 0.211. The molecular weight excluding hydrogens is 574 g/mol. The van der Waals surface area contributed by atoms with Crippen molar-refractivity contribution in [1.82, 2.24) is 20.1 Å². The summed E-state index contributed by atoms with van der Waals surface area (Å²) in [6.45, 7) is 0.705. The van der Waals surface area contributed by atoms with Gasteiger partial charge in [-0.05, 0) is 44.7 Å². The first-order chi connectivity index (χ1) is 22.5. The molecule has 5 aromatic rings. The van der Waals surface area contributed by atoms with Crippen molar-refractivity contribution >= 4 is 28.5 Å². The van der Waals surface area contributed by atoms with Crippen molar-refractivity contribution in [2.45, 2.75) is 38.0 Å². The zero-order chi connectivity index (χ0) is 31.9. The fourth-order valence-corrected chi connectivity index (χ4v) is 6.02. The van der Waals surface area contributed by atoms with Crippen LogP contribution in [-0.4, -0.2) is 57.7 Å². The van der Waals surface area contributed by atoms with E-state index in [1.54, 1.807) is 28.3 Å². The number of carbonyl (C=O) groups is 3. The Balaban J connectivity index is 1.29. The molecule has 6 rings (SSSR count). The minimum absolute atomic E-state index is 0.0378. The van der Waals surface area contributed by atoms with E-state index in [2.05, 4.69) is 28.5 Å². The van der Waals surface area contributed by atoms with Crippen LogP contribution in [0.25, 0.3) is 21.9 Å². The minimum atomic E-state index is -0.882. The predicted octanol–water partition coefficient (Wildman–Crippen LogP) is 4.72. The molecule has 0 radical (unpaired) electrons. The molecule has 4 aromatic carbocycles. The van der Waals surface area contributed by atoms with Gasteiger partial charge in [-0.15, -0.1) is 0 Å². The van der Waals surface area contributed by atoms with E-state index in [0.717, 1.165) is 38.6 Å². The van der Waals surface area contributed by atoms with E-state index in [-0.39, 0.29) is 50.3 Å². The Labute approximate surface area is 268 Å². The molecule has 1 aliphatic heterocycles. The molecule has 1 fully saturated rings. The van der Waals surface area contributed by atoms with E-state index in [1.165, 1.54) is 0 Å². The highest BCUT2D eigenvalue weighted by Gasteiger charge is 2.41. The summed E-state index contributed by atoms with van der Waals surface area (Å²) < 4.78 is 0. The van der Waals surface area contributed by atoms with Crippen LogP contribution in [0, 0.1) is 0 Å². The Bertz CT molecular complexity index is 1810. The summed E-state index contributed by atoms with van der Waals surface area (Å²) in [5, 5.41) is 5.18. The molecule has 3 N–H and O–H groups in total. The number of nitrogens with one attached hydrogen (secondary N) is 1. The third kappa shape index (κ3) is 7.14. The largest absolute Gasteiger partial charge is 0.342 e. The molecule has 3 amide bonds. The molecule has 232 valence electrons. The number of amides is 3. The molecule has 8 heteroatoms. The summed E-state index contributed by atoms with van der Waals surface area (Å²) in [5.74, 6) is -0.655. The molecule has 2 heterocycles. The predicted molar refractivity (Wildman–Crippen MR) is 179 cm³/mol. The Kier molecular flexibility index (Phi) is 9.45. The second-order valence-electron chi connectivity index (χ2n) is 11.7. The van der Waals surface area contributed by atoms with Gasteiger partial charge in [0, 0.05) is 44.9 Å². The molecule has 8 nitrogen and oxygen atoms in total. The van der Waals surface area contributed by atoms with Crippen LogP contribution in [0.1, 0.15) is 23.1 Å². The number of pyridine rings is 1. The summed E-state index contributed by atoms with van der Waals surface area (Å²) in [6.07, 6.45) is 3.86. The zero-order valence-electron chi connectivity index (χ0n) is 25.6. The summed E-state index contributed by atoms with van der Waals surface area (Å²) in [6, 6.07) is 34.4. The van der Waals surface area contributed by atoms with Gasteiger partial charge in [-0.1, -0.05) is 103 Å². The van der Waals surface area contributed by atoms with E-state index in [1.807, 2.05) is 84.9 Å². The first-order valence-corrected chi connectivity index (χ1v) is 15.6. The average Bonchev–Trinajstić information content (AvgIpc) is 3.09. The smallest absolute Gasteiger partial charge is 0.246 e. The quantitative estimate of drug-likeness (QED) is 0.225. The topological polar surface area (TPSA) is 109 Å². The van der Waals surface area contributed by atoms with Gasteiger partial charge in [0.2, 0.25) is 17.7 Å². The number of hydrogen-bond donors (Lipinski definition) is 2. The maximum absolute atomic E-state index is 14.3. The van der Waals surface area contributed by atoms with Crippen molar-refractivity contribution in [3.8, 4) is 11.1 Å². The van der Waals surface area contributed by atoms with Crippen molar-refractivity contribution in [3.05, 3.63) is 138 Å². The number of aromatic nitrogens is 1. The van der Waals surface area contributed by atoms with Gasteiger partial charge in [0.05, 0.1) is 6.54 Å². The van der Waals surface area contributed by atoms with Crippen molar-refractivity contribution in [2.75, 3.05) is 13.1 Å². The van der Waals surface area contributed by atoms with Crippen LogP contribution >= 0.6 is 0 Å². The van der Waals surface area contributed by atoms with Gasteiger partial charge >= 0.3 is 0 Å². The van der Waals surface area contributed by atoms with Crippen molar-refractivity contribution in [3.63, 3.8) is 0 Å². The Morgan fingerprint density at radius 1 is 0.804 bits per heavy atom. The second kappa shape index (κ2) is 14.2. The first kappa shape index (κ1) is 30.7.